The second kappa shape index (κ2) is 4.81. The van der Waals surface area contributed by atoms with Gasteiger partial charge in [0.1, 0.15) is 17.4 Å². The van der Waals surface area contributed by atoms with Gasteiger partial charge in [-0.3, -0.25) is 0 Å². The lowest BCUT2D eigenvalue weighted by Crippen LogP contribution is -2.06. The van der Waals surface area contributed by atoms with Crippen LogP contribution in [0.5, 0.6) is 5.75 Å². The lowest BCUT2D eigenvalue weighted by molar-refractivity contribution is 0.142. The Morgan fingerprint density at radius 2 is 2.18 bits per heavy atom. The predicted octanol–water partition coefficient (Wildman–Crippen LogP) is 1.83. The summed E-state index contributed by atoms with van der Waals surface area (Å²) in [5, 5.41) is 7.64. The highest BCUT2D eigenvalue weighted by molar-refractivity contribution is 8.13. The van der Waals surface area contributed by atoms with Crippen molar-refractivity contribution in [3.05, 3.63) is 17.3 Å². The van der Waals surface area contributed by atoms with Gasteiger partial charge in [-0.2, -0.15) is 5.26 Å². The number of pyridine rings is 1. The summed E-state index contributed by atoms with van der Waals surface area (Å²) in [6.07, 6.45) is -2.38. The first kappa shape index (κ1) is 13.6. The van der Waals surface area contributed by atoms with Crippen molar-refractivity contribution < 1.29 is 21.9 Å². The minimum Gasteiger partial charge on any atom is -0.495 e. The second-order valence-corrected chi connectivity index (χ2v) is 5.26. The highest BCUT2D eigenvalue weighted by Gasteiger charge is 2.29. The number of aromatic nitrogens is 1. The Bertz CT molecular complexity index is 583. The average molecular weight is 283 g/mol. The Morgan fingerprint density at radius 1 is 1.59 bits per heavy atom. The second-order valence-electron chi connectivity index (χ2n) is 2.77. The summed E-state index contributed by atoms with van der Waals surface area (Å²) in [6, 6.07) is 1.56. The predicted molar refractivity (Wildman–Crippen MR) is 53.5 cm³/mol. The highest BCUT2D eigenvalue weighted by Crippen LogP contribution is 2.36. The maximum Gasteiger partial charge on any atom is 0.279 e. The maximum absolute atomic E-state index is 12.8. The molecule has 0 bridgehead atoms. The van der Waals surface area contributed by atoms with Crippen molar-refractivity contribution in [1.82, 2.24) is 4.98 Å². The average Bonchev–Trinajstić information content (AvgIpc) is 2.25. The molecular formula is C8H5ClF2N2O3S. The van der Waals surface area contributed by atoms with E-state index in [2.05, 4.69) is 9.72 Å². The van der Waals surface area contributed by atoms with E-state index in [1.54, 1.807) is 6.07 Å². The number of nitriles is 1. The molecule has 0 atom stereocenters. The van der Waals surface area contributed by atoms with Crippen molar-refractivity contribution in [2.75, 3.05) is 7.11 Å². The minimum absolute atomic E-state index is 0.299. The molecule has 0 saturated heterocycles. The van der Waals surface area contributed by atoms with Gasteiger partial charge in [-0.25, -0.2) is 22.2 Å². The Kier molecular flexibility index (Phi) is 3.85. The molecule has 1 heterocycles. The van der Waals surface area contributed by atoms with Crippen LogP contribution in [0.1, 0.15) is 17.6 Å². The molecule has 0 unspecified atom stereocenters. The summed E-state index contributed by atoms with van der Waals surface area (Å²) in [6.45, 7) is 0. The largest absolute Gasteiger partial charge is 0.495 e. The van der Waals surface area contributed by atoms with Gasteiger partial charge in [-0.05, 0) is 0 Å². The van der Waals surface area contributed by atoms with Gasteiger partial charge in [0.05, 0.1) is 18.9 Å². The van der Waals surface area contributed by atoms with Crippen LogP contribution in [0.2, 0.25) is 0 Å². The van der Waals surface area contributed by atoms with Gasteiger partial charge >= 0.3 is 0 Å². The summed E-state index contributed by atoms with van der Waals surface area (Å²) in [4.78, 5) is 3.25. The number of ether oxygens (including phenoxy) is 1. The fourth-order valence-corrected chi connectivity index (χ4v) is 2.17. The zero-order chi connectivity index (χ0) is 13.2. The van der Waals surface area contributed by atoms with Gasteiger partial charge in [0.15, 0.2) is 5.03 Å². The summed E-state index contributed by atoms with van der Waals surface area (Å²) >= 11 is 0. The number of hydrogen-bond acceptors (Lipinski definition) is 5. The third-order valence-electron chi connectivity index (χ3n) is 1.80. The molecular weight excluding hydrogens is 278 g/mol. The number of nitrogens with zero attached hydrogens (tertiary/aromatic N) is 2. The molecule has 0 amide bonds. The van der Waals surface area contributed by atoms with E-state index in [0.29, 0.717) is 0 Å². The third kappa shape index (κ3) is 2.62. The Labute approximate surface area is 100 Å². The Hall–Kier alpha value is -1.46. The first-order chi connectivity index (χ1) is 7.82. The molecule has 5 nitrogen and oxygen atoms in total. The van der Waals surface area contributed by atoms with Crippen LogP contribution < -0.4 is 4.74 Å². The van der Waals surface area contributed by atoms with E-state index in [4.69, 9.17) is 15.9 Å². The van der Waals surface area contributed by atoms with Crippen LogP contribution in [0, 0.1) is 11.3 Å². The molecule has 0 saturated carbocycles. The van der Waals surface area contributed by atoms with Crippen LogP contribution in [0.3, 0.4) is 0 Å². The quantitative estimate of drug-likeness (QED) is 0.790. The molecule has 0 N–H and O–H groups in total. The Balaban J connectivity index is 3.73. The number of rotatable bonds is 3. The van der Waals surface area contributed by atoms with Crippen LogP contribution in [-0.4, -0.2) is 20.5 Å². The van der Waals surface area contributed by atoms with Crippen molar-refractivity contribution in [2.24, 2.45) is 0 Å². The minimum atomic E-state index is -4.44. The van der Waals surface area contributed by atoms with Crippen LogP contribution in [0.4, 0.5) is 8.78 Å². The number of hydrogen-bond donors (Lipinski definition) is 0. The van der Waals surface area contributed by atoms with E-state index in [1.807, 2.05) is 0 Å². The van der Waals surface area contributed by atoms with Gasteiger partial charge in [-0.15, -0.1) is 0 Å². The van der Waals surface area contributed by atoms with E-state index in [0.717, 1.165) is 13.3 Å². The molecule has 1 aromatic heterocycles. The van der Waals surface area contributed by atoms with E-state index >= 15 is 0 Å². The lowest BCUT2D eigenvalue weighted by atomic mass is 10.2. The van der Waals surface area contributed by atoms with E-state index < -0.39 is 31.8 Å². The van der Waals surface area contributed by atoms with E-state index in [9.17, 15) is 17.2 Å². The summed E-state index contributed by atoms with van der Waals surface area (Å²) in [7, 11) is 1.56. The molecule has 0 fully saturated rings. The van der Waals surface area contributed by atoms with Gasteiger partial charge in [0, 0.05) is 10.7 Å². The molecule has 17 heavy (non-hydrogen) atoms. The standard InChI is InChI=1S/C8H5ClF2N2O3S/c1-16-6-4(2-12)3-13-8(17(9,14)15)5(6)7(10)11/h3,7H,1H3. The van der Waals surface area contributed by atoms with Crippen LogP contribution in [-0.2, 0) is 9.05 Å². The maximum atomic E-state index is 12.8. The van der Waals surface area contributed by atoms with Crippen LogP contribution >= 0.6 is 10.7 Å². The lowest BCUT2D eigenvalue weighted by Gasteiger charge is -2.11. The number of alkyl halides is 2. The molecule has 0 aliphatic rings. The third-order valence-corrected chi connectivity index (χ3v) is 3.03. The summed E-state index contributed by atoms with van der Waals surface area (Å²) in [5.41, 5.74) is -1.31. The molecule has 0 aromatic carbocycles. The zero-order valence-corrected chi connectivity index (χ0v) is 9.89. The van der Waals surface area contributed by atoms with Gasteiger partial charge < -0.3 is 4.74 Å². The van der Waals surface area contributed by atoms with E-state index in [-0.39, 0.29) is 5.56 Å². The van der Waals surface area contributed by atoms with Crippen molar-refractivity contribution in [2.45, 2.75) is 11.5 Å². The first-order valence-electron chi connectivity index (χ1n) is 4.02. The smallest absolute Gasteiger partial charge is 0.279 e. The van der Waals surface area contributed by atoms with Gasteiger partial charge in [0.2, 0.25) is 0 Å². The van der Waals surface area contributed by atoms with E-state index in [1.165, 1.54) is 0 Å². The molecule has 9 heteroatoms. The molecule has 0 radical (unpaired) electrons. The fourth-order valence-electron chi connectivity index (χ4n) is 1.18. The van der Waals surface area contributed by atoms with Crippen molar-refractivity contribution in [1.29, 1.82) is 5.26 Å². The summed E-state index contributed by atoms with van der Waals surface area (Å²) < 4.78 is 52.3. The van der Waals surface area contributed by atoms with Gasteiger partial charge in [0.25, 0.3) is 15.5 Å². The number of methoxy groups -OCH3 is 1. The molecule has 0 aliphatic carbocycles. The number of halogens is 3. The molecule has 0 spiro atoms. The van der Waals surface area contributed by atoms with Crippen molar-refractivity contribution >= 4 is 19.7 Å². The SMILES string of the molecule is COc1c(C#N)cnc(S(=O)(=O)Cl)c1C(F)F. The molecule has 1 aromatic rings. The first-order valence-corrected chi connectivity index (χ1v) is 6.33. The topological polar surface area (TPSA) is 80.0 Å². The highest BCUT2D eigenvalue weighted by atomic mass is 35.7. The normalized spacial score (nSPS) is 11.3. The monoisotopic (exact) mass is 282 g/mol. The molecule has 1 rings (SSSR count). The molecule has 0 aliphatic heterocycles. The fraction of sp³-hybridized carbons (Fsp3) is 0.250. The Morgan fingerprint density at radius 3 is 2.53 bits per heavy atom. The van der Waals surface area contributed by atoms with Crippen molar-refractivity contribution in [3.8, 4) is 11.8 Å². The van der Waals surface area contributed by atoms with Crippen molar-refractivity contribution in [3.63, 3.8) is 0 Å². The molecule has 92 valence electrons. The summed E-state index contributed by atoms with van der Waals surface area (Å²) in [5.74, 6) is -0.545. The zero-order valence-electron chi connectivity index (χ0n) is 8.32. The van der Waals surface area contributed by atoms with Crippen LogP contribution in [0.25, 0.3) is 0 Å². The van der Waals surface area contributed by atoms with Crippen LogP contribution in [0.15, 0.2) is 11.2 Å². The van der Waals surface area contributed by atoms with Gasteiger partial charge in [-0.1, -0.05) is 0 Å².